The van der Waals surface area contributed by atoms with Gasteiger partial charge in [0, 0.05) is 5.56 Å². The van der Waals surface area contributed by atoms with Gasteiger partial charge < -0.3 is 4.74 Å². The van der Waals surface area contributed by atoms with Crippen molar-refractivity contribution in [2.24, 2.45) is 0 Å². The Labute approximate surface area is 83.9 Å². The van der Waals surface area contributed by atoms with E-state index in [0.717, 1.165) is 24.2 Å². The molecule has 1 unspecified atom stereocenters. The molecule has 1 aromatic rings. The van der Waals surface area contributed by atoms with Crippen LogP contribution in [0.25, 0.3) is 0 Å². The number of ether oxygens (including phenoxy) is 1. The van der Waals surface area contributed by atoms with Gasteiger partial charge in [-0.05, 0) is 25.0 Å². The third-order valence-corrected chi connectivity index (χ3v) is 2.64. The molecule has 1 aliphatic rings. The van der Waals surface area contributed by atoms with Crippen molar-refractivity contribution in [1.29, 1.82) is 0 Å². The van der Waals surface area contributed by atoms with Gasteiger partial charge in [-0.1, -0.05) is 25.5 Å². The predicted molar refractivity (Wildman–Crippen MR) is 54.5 cm³/mol. The van der Waals surface area contributed by atoms with Crippen molar-refractivity contribution in [2.45, 2.75) is 32.6 Å². The van der Waals surface area contributed by atoms with Crippen molar-refractivity contribution in [1.82, 2.24) is 0 Å². The average molecular weight is 190 g/mol. The van der Waals surface area contributed by atoms with Crippen LogP contribution in [0.5, 0.6) is 5.75 Å². The average Bonchev–Trinajstić information content (AvgIpc) is 2.45. The van der Waals surface area contributed by atoms with E-state index in [2.05, 4.69) is 13.0 Å². The number of hydrogen-bond acceptors (Lipinski definition) is 2. The van der Waals surface area contributed by atoms with Gasteiger partial charge in [-0.3, -0.25) is 4.79 Å². The lowest BCUT2D eigenvalue weighted by Crippen LogP contribution is -2.05. The molecule has 2 nitrogen and oxygen atoms in total. The van der Waals surface area contributed by atoms with Crippen LogP contribution in [-0.4, -0.2) is 5.97 Å². The Hall–Kier alpha value is -1.31. The van der Waals surface area contributed by atoms with E-state index in [-0.39, 0.29) is 11.9 Å². The van der Waals surface area contributed by atoms with Crippen LogP contribution in [0.1, 0.15) is 37.3 Å². The van der Waals surface area contributed by atoms with Crippen LogP contribution in [0.15, 0.2) is 18.2 Å². The van der Waals surface area contributed by atoms with E-state index in [1.807, 2.05) is 19.1 Å². The molecule has 0 saturated carbocycles. The third-order valence-electron chi connectivity index (χ3n) is 2.64. The third kappa shape index (κ3) is 1.41. The number of carbonyl (C=O) groups is 1. The minimum absolute atomic E-state index is 0.0955. The highest BCUT2D eigenvalue weighted by Gasteiger charge is 2.28. The number of fused-ring (bicyclic) bond motifs is 1. The fourth-order valence-corrected chi connectivity index (χ4v) is 1.80. The summed E-state index contributed by atoms with van der Waals surface area (Å²) in [6.07, 6.45) is 2.19. The maximum atomic E-state index is 11.3. The summed E-state index contributed by atoms with van der Waals surface area (Å²) in [6.45, 7) is 4.04. The Kier molecular flexibility index (Phi) is 2.28. The topological polar surface area (TPSA) is 26.3 Å². The fourth-order valence-electron chi connectivity index (χ4n) is 1.80. The van der Waals surface area contributed by atoms with E-state index in [9.17, 15) is 4.79 Å². The van der Waals surface area contributed by atoms with E-state index in [1.54, 1.807) is 0 Å². The summed E-state index contributed by atoms with van der Waals surface area (Å²) < 4.78 is 5.11. The first-order chi connectivity index (χ1) is 6.72. The smallest absolute Gasteiger partial charge is 0.318 e. The Morgan fingerprint density at radius 1 is 1.43 bits per heavy atom. The highest BCUT2D eigenvalue weighted by atomic mass is 16.5. The zero-order valence-corrected chi connectivity index (χ0v) is 8.54. The lowest BCUT2D eigenvalue weighted by molar-refractivity contribution is -0.133. The largest absolute Gasteiger partial charge is 0.426 e. The molecule has 74 valence electrons. The molecule has 0 aromatic heterocycles. The highest BCUT2D eigenvalue weighted by Crippen LogP contribution is 2.35. The molecule has 0 saturated heterocycles. The fraction of sp³-hybridized carbons (Fsp3) is 0.417. The van der Waals surface area contributed by atoms with Gasteiger partial charge in [-0.2, -0.15) is 0 Å². The van der Waals surface area contributed by atoms with Crippen LogP contribution < -0.4 is 4.74 Å². The number of rotatable bonds is 2. The quantitative estimate of drug-likeness (QED) is 0.529. The zero-order chi connectivity index (χ0) is 10.1. The Morgan fingerprint density at radius 3 is 2.93 bits per heavy atom. The minimum atomic E-state index is -0.131. The van der Waals surface area contributed by atoms with Crippen LogP contribution in [0.2, 0.25) is 0 Å². The molecule has 1 atom stereocenters. The Balaban J connectivity index is 2.36. The van der Waals surface area contributed by atoms with Crippen LogP contribution in [0.4, 0.5) is 0 Å². The van der Waals surface area contributed by atoms with E-state index in [4.69, 9.17) is 4.74 Å². The van der Waals surface area contributed by atoms with Gasteiger partial charge in [0.15, 0.2) is 0 Å². The van der Waals surface area contributed by atoms with E-state index in [1.165, 1.54) is 5.56 Å². The second-order valence-electron chi connectivity index (χ2n) is 3.76. The summed E-state index contributed by atoms with van der Waals surface area (Å²) >= 11 is 0. The van der Waals surface area contributed by atoms with Gasteiger partial charge >= 0.3 is 5.97 Å². The number of esters is 1. The standard InChI is InChI=1S/C12H14O2/c1-3-4-9-5-6-11-10(7-9)8(2)12(13)14-11/h5-8H,3-4H2,1-2H3. The van der Waals surface area contributed by atoms with Gasteiger partial charge in [-0.25, -0.2) is 0 Å². The first-order valence-corrected chi connectivity index (χ1v) is 5.07. The van der Waals surface area contributed by atoms with Crippen molar-refractivity contribution in [3.8, 4) is 5.75 Å². The van der Waals surface area contributed by atoms with Crippen LogP contribution in [0.3, 0.4) is 0 Å². The number of benzene rings is 1. The molecule has 0 bridgehead atoms. The highest BCUT2D eigenvalue weighted by molar-refractivity contribution is 5.85. The van der Waals surface area contributed by atoms with Crippen molar-refractivity contribution in [3.05, 3.63) is 29.3 Å². The second-order valence-corrected chi connectivity index (χ2v) is 3.76. The first kappa shape index (κ1) is 9.25. The lowest BCUT2D eigenvalue weighted by Gasteiger charge is -2.02. The molecule has 0 aliphatic carbocycles. The molecule has 0 spiro atoms. The second kappa shape index (κ2) is 3.45. The van der Waals surface area contributed by atoms with Gasteiger partial charge in [0.2, 0.25) is 0 Å². The van der Waals surface area contributed by atoms with Gasteiger partial charge in [0.05, 0.1) is 5.92 Å². The molecule has 1 aliphatic heterocycles. The summed E-state index contributed by atoms with van der Waals surface area (Å²) in [7, 11) is 0. The normalized spacial score (nSPS) is 19.3. The number of hydrogen-bond donors (Lipinski definition) is 0. The molecule has 14 heavy (non-hydrogen) atoms. The Bertz CT molecular complexity index is 369. The van der Waals surface area contributed by atoms with E-state index >= 15 is 0 Å². The summed E-state index contributed by atoms with van der Waals surface area (Å²) in [4.78, 5) is 11.3. The first-order valence-electron chi connectivity index (χ1n) is 5.07. The monoisotopic (exact) mass is 190 g/mol. The van der Waals surface area contributed by atoms with Crippen molar-refractivity contribution < 1.29 is 9.53 Å². The van der Waals surface area contributed by atoms with Crippen molar-refractivity contribution in [3.63, 3.8) is 0 Å². The predicted octanol–water partition coefficient (Wildman–Crippen LogP) is 2.66. The van der Waals surface area contributed by atoms with Crippen molar-refractivity contribution >= 4 is 5.97 Å². The minimum Gasteiger partial charge on any atom is -0.426 e. The maximum absolute atomic E-state index is 11.3. The molecular weight excluding hydrogens is 176 g/mol. The van der Waals surface area contributed by atoms with E-state index in [0.29, 0.717) is 0 Å². The molecule has 1 aromatic carbocycles. The van der Waals surface area contributed by atoms with Gasteiger partial charge in [0.25, 0.3) is 0 Å². The lowest BCUT2D eigenvalue weighted by atomic mass is 9.99. The van der Waals surface area contributed by atoms with Gasteiger partial charge in [0.1, 0.15) is 5.75 Å². The van der Waals surface area contributed by atoms with Gasteiger partial charge in [-0.15, -0.1) is 0 Å². The van der Waals surface area contributed by atoms with Crippen LogP contribution in [0, 0.1) is 0 Å². The molecule has 0 amide bonds. The SMILES string of the molecule is CCCc1ccc2c(c1)C(C)C(=O)O2. The van der Waals surface area contributed by atoms with Crippen LogP contribution in [-0.2, 0) is 11.2 Å². The molecule has 0 N–H and O–H groups in total. The maximum Gasteiger partial charge on any atom is 0.318 e. The van der Waals surface area contributed by atoms with Crippen LogP contribution >= 0.6 is 0 Å². The zero-order valence-electron chi connectivity index (χ0n) is 8.54. The van der Waals surface area contributed by atoms with E-state index < -0.39 is 0 Å². The summed E-state index contributed by atoms with van der Waals surface area (Å²) in [5.41, 5.74) is 2.33. The summed E-state index contributed by atoms with van der Waals surface area (Å²) in [5.74, 6) is 0.512. The molecule has 0 fully saturated rings. The molecule has 2 heteroatoms. The summed E-state index contributed by atoms with van der Waals surface area (Å²) in [5, 5.41) is 0. The Morgan fingerprint density at radius 2 is 2.21 bits per heavy atom. The summed E-state index contributed by atoms with van der Waals surface area (Å²) in [6, 6.07) is 6.03. The molecule has 1 heterocycles. The number of carbonyl (C=O) groups excluding carboxylic acids is 1. The molecule has 0 radical (unpaired) electrons. The number of aryl methyl sites for hydroxylation is 1. The van der Waals surface area contributed by atoms with Crippen molar-refractivity contribution in [2.75, 3.05) is 0 Å². The molecule has 2 rings (SSSR count). The molecular formula is C12H14O2.